The third kappa shape index (κ3) is 4.24. The molecule has 2 aromatic heterocycles. The molecule has 0 atom stereocenters. The highest BCUT2D eigenvalue weighted by atomic mass is 16.3. The summed E-state index contributed by atoms with van der Waals surface area (Å²) in [5.41, 5.74) is 0.381. The van der Waals surface area contributed by atoms with E-state index in [1.54, 1.807) is 24.5 Å². The SMILES string of the molecule is O=C(NCCn1nc(-c2ccco2)ccc1=O)NC1CCCCC1. The summed E-state index contributed by atoms with van der Waals surface area (Å²) in [6.45, 7) is 0.651. The van der Waals surface area contributed by atoms with E-state index in [0.717, 1.165) is 12.8 Å². The number of urea groups is 1. The summed E-state index contributed by atoms with van der Waals surface area (Å²) in [6, 6.07) is 6.71. The van der Waals surface area contributed by atoms with E-state index in [-0.39, 0.29) is 17.6 Å². The average Bonchev–Trinajstić information content (AvgIpc) is 3.12. The van der Waals surface area contributed by atoms with Gasteiger partial charge in [-0.25, -0.2) is 9.48 Å². The average molecular weight is 330 g/mol. The van der Waals surface area contributed by atoms with Gasteiger partial charge in [-0.2, -0.15) is 5.10 Å². The Bertz CT molecular complexity index is 718. The summed E-state index contributed by atoms with van der Waals surface area (Å²) in [4.78, 5) is 23.8. The fraction of sp³-hybridized carbons (Fsp3) is 0.471. The molecule has 2 N–H and O–H groups in total. The second-order valence-corrected chi connectivity index (χ2v) is 5.99. The Balaban J connectivity index is 1.51. The third-order valence-electron chi connectivity index (χ3n) is 4.19. The van der Waals surface area contributed by atoms with E-state index in [9.17, 15) is 9.59 Å². The highest BCUT2D eigenvalue weighted by Crippen LogP contribution is 2.17. The third-order valence-corrected chi connectivity index (χ3v) is 4.19. The molecule has 7 nitrogen and oxygen atoms in total. The van der Waals surface area contributed by atoms with Crippen LogP contribution in [0.1, 0.15) is 32.1 Å². The lowest BCUT2D eigenvalue weighted by Gasteiger charge is -2.22. The number of hydrogen-bond acceptors (Lipinski definition) is 4. The molecule has 0 bridgehead atoms. The van der Waals surface area contributed by atoms with Crippen molar-refractivity contribution in [2.75, 3.05) is 6.54 Å². The zero-order valence-electron chi connectivity index (χ0n) is 13.5. The minimum atomic E-state index is -0.209. The largest absolute Gasteiger partial charge is 0.463 e. The Kier molecular flexibility index (Phi) is 5.30. The van der Waals surface area contributed by atoms with Crippen molar-refractivity contribution in [3.63, 3.8) is 0 Å². The van der Waals surface area contributed by atoms with E-state index in [1.165, 1.54) is 30.0 Å². The molecule has 24 heavy (non-hydrogen) atoms. The van der Waals surface area contributed by atoms with Gasteiger partial charge in [0.1, 0.15) is 5.69 Å². The molecule has 2 heterocycles. The minimum absolute atomic E-state index is 0.183. The number of carbonyl (C=O) groups is 1. The van der Waals surface area contributed by atoms with Gasteiger partial charge in [0, 0.05) is 18.7 Å². The highest BCUT2D eigenvalue weighted by molar-refractivity contribution is 5.74. The van der Waals surface area contributed by atoms with Crippen molar-refractivity contribution in [2.45, 2.75) is 44.7 Å². The van der Waals surface area contributed by atoms with Gasteiger partial charge in [0.2, 0.25) is 0 Å². The van der Waals surface area contributed by atoms with Gasteiger partial charge in [0.05, 0.1) is 12.8 Å². The second kappa shape index (κ2) is 7.81. The summed E-state index contributed by atoms with van der Waals surface area (Å²) in [5.74, 6) is 0.603. The normalized spacial score (nSPS) is 15.2. The lowest BCUT2D eigenvalue weighted by molar-refractivity contribution is 0.232. The van der Waals surface area contributed by atoms with E-state index < -0.39 is 0 Å². The van der Waals surface area contributed by atoms with Gasteiger partial charge in [0.25, 0.3) is 5.56 Å². The van der Waals surface area contributed by atoms with Crippen LogP contribution in [0.4, 0.5) is 4.79 Å². The maximum atomic E-state index is 11.9. The van der Waals surface area contributed by atoms with Crippen molar-refractivity contribution < 1.29 is 9.21 Å². The van der Waals surface area contributed by atoms with E-state index in [0.29, 0.717) is 24.5 Å². The molecule has 0 spiro atoms. The Morgan fingerprint density at radius 3 is 2.83 bits per heavy atom. The first kappa shape index (κ1) is 16.3. The summed E-state index contributed by atoms with van der Waals surface area (Å²) in [6.07, 6.45) is 7.23. The molecule has 0 unspecified atom stereocenters. The van der Waals surface area contributed by atoms with Crippen LogP contribution in [-0.4, -0.2) is 28.4 Å². The predicted molar refractivity (Wildman–Crippen MR) is 89.6 cm³/mol. The molecule has 128 valence electrons. The van der Waals surface area contributed by atoms with Gasteiger partial charge in [-0.1, -0.05) is 19.3 Å². The molecular weight excluding hydrogens is 308 g/mol. The molecule has 2 aromatic rings. The van der Waals surface area contributed by atoms with Crippen molar-refractivity contribution in [3.8, 4) is 11.5 Å². The Hall–Kier alpha value is -2.57. The van der Waals surface area contributed by atoms with Crippen molar-refractivity contribution in [1.29, 1.82) is 0 Å². The van der Waals surface area contributed by atoms with Crippen LogP contribution in [0.5, 0.6) is 0 Å². The van der Waals surface area contributed by atoms with E-state index in [4.69, 9.17) is 4.42 Å². The first-order chi connectivity index (χ1) is 11.7. The van der Waals surface area contributed by atoms with Crippen molar-refractivity contribution in [1.82, 2.24) is 20.4 Å². The van der Waals surface area contributed by atoms with Gasteiger partial charge in [0.15, 0.2) is 5.76 Å². The fourth-order valence-corrected chi connectivity index (χ4v) is 2.92. The monoisotopic (exact) mass is 330 g/mol. The number of rotatable bonds is 5. The number of aromatic nitrogens is 2. The summed E-state index contributed by atoms with van der Waals surface area (Å²) >= 11 is 0. The first-order valence-corrected chi connectivity index (χ1v) is 8.39. The summed E-state index contributed by atoms with van der Waals surface area (Å²) < 4.78 is 6.62. The van der Waals surface area contributed by atoms with Gasteiger partial charge < -0.3 is 15.1 Å². The van der Waals surface area contributed by atoms with Crippen molar-refractivity contribution in [2.24, 2.45) is 0 Å². The maximum absolute atomic E-state index is 11.9. The molecular formula is C17H22N4O3. The molecule has 1 fully saturated rings. The number of carbonyl (C=O) groups excluding carboxylic acids is 1. The smallest absolute Gasteiger partial charge is 0.315 e. The van der Waals surface area contributed by atoms with Gasteiger partial charge in [-0.05, 0) is 31.0 Å². The van der Waals surface area contributed by atoms with Gasteiger partial charge in [-0.15, -0.1) is 0 Å². The lowest BCUT2D eigenvalue weighted by Crippen LogP contribution is -2.44. The second-order valence-electron chi connectivity index (χ2n) is 5.99. The molecule has 0 aliphatic heterocycles. The van der Waals surface area contributed by atoms with Crippen LogP contribution in [0.25, 0.3) is 11.5 Å². The molecule has 7 heteroatoms. The number of hydrogen-bond donors (Lipinski definition) is 2. The Labute approximate surface area is 140 Å². The van der Waals surface area contributed by atoms with Crippen LogP contribution in [0, 0.1) is 0 Å². The molecule has 0 aromatic carbocycles. The fourth-order valence-electron chi connectivity index (χ4n) is 2.92. The molecule has 3 rings (SSSR count). The van der Waals surface area contributed by atoms with Crippen LogP contribution in [-0.2, 0) is 6.54 Å². The number of amides is 2. The Morgan fingerprint density at radius 1 is 1.25 bits per heavy atom. The number of nitrogens with one attached hydrogen (secondary N) is 2. The minimum Gasteiger partial charge on any atom is -0.463 e. The zero-order chi connectivity index (χ0) is 16.8. The summed E-state index contributed by atoms with van der Waals surface area (Å²) in [7, 11) is 0. The molecule has 1 saturated carbocycles. The zero-order valence-corrected chi connectivity index (χ0v) is 13.5. The maximum Gasteiger partial charge on any atom is 0.315 e. The van der Waals surface area contributed by atoms with Crippen molar-refractivity contribution in [3.05, 3.63) is 40.9 Å². The first-order valence-electron chi connectivity index (χ1n) is 8.39. The van der Waals surface area contributed by atoms with Crippen LogP contribution >= 0.6 is 0 Å². The number of nitrogens with zero attached hydrogens (tertiary/aromatic N) is 2. The molecule has 0 saturated heterocycles. The molecule has 1 aliphatic carbocycles. The molecule has 1 aliphatic rings. The predicted octanol–water partition coefficient (Wildman–Crippen LogP) is 2.14. The highest BCUT2D eigenvalue weighted by Gasteiger charge is 2.15. The van der Waals surface area contributed by atoms with E-state index in [1.807, 2.05) is 0 Å². The van der Waals surface area contributed by atoms with Gasteiger partial charge >= 0.3 is 6.03 Å². The van der Waals surface area contributed by atoms with Crippen LogP contribution < -0.4 is 16.2 Å². The molecule has 2 amide bonds. The summed E-state index contributed by atoms with van der Waals surface area (Å²) in [5, 5.41) is 10.0. The van der Waals surface area contributed by atoms with E-state index >= 15 is 0 Å². The standard InChI is InChI=1S/C17H22N4O3/c22-16-9-8-14(15-7-4-12-24-15)20-21(16)11-10-18-17(23)19-13-5-2-1-3-6-13/h4,7-9,12-13H,1-3,5-6,10-11H2,(H2,18,19,23). The quantitative estimate of drug-likeness (QED) is 0.879. The van der Waals surface area contributed by atoms with Gasteiger partial charge in [-0.3, -0.25) is 4.79 Å². The van der Waals surface area contributed by atoms with E-state index in [2.05, 4.69) is 15.7 Å². The van der Waals surface area contributed by atoms with Crippen LogP contribution in [0.2, 0.25) is 0 Å². The van der Waals surface area contributed by atoms with Crippen molar-refractivity contribution >= 4 is 6.03 Å². The van der Waals surface area contributed by atoms with Crippen LogP contribution in [0.3, 0.4) is 0 Å². The topological polar surface area (TPSA) is 89.2 Å². The Morgan fingerprint density at radius 2 is 2.08 bits per heavy atom. The van der Waals surface area contributed by atoms with Crippen LogP contribution in [0.15, 0.2) is 39.7 Å². The lowest BCUT2D eigenvalue weighted by atomic mass is 9.96. The molecule has 0 radical (unpaired) electrons. The number of furan rings is 1.